The topological polar surface area (TPSA) is 48.0 Å². The fourth-order valence-corrected chi connectivity index (χ4v) is 3.69. The largest absolute Gasteiger partial charge is 0.497 e. The van der Waals surface area contributed by atoms with Crippen molar-refractivity contribution in [3.05, 3.63) is 59.7 Å². The molecule has 1 heterocycles. The lowest BCUT2D eigenvalue weighted by molar-refractivity contribution is -0.145. The fourth-order valence-electron chi connectivity index (χ4n) is 3.69. The van der Waals surface area contributed by atoms with Crippen molar-refractivity contribution in [3.63, 3.8) is 0 Å². The minimum atomic E-state index is -0.217. The van der Waals surface area contributed by atoms with Crippen LogP contribution in [0.5, 0.6) is 11.5 Å². The minimum Gasteiger partial charge on any atom is -0.497 e. The fraction of sp³-hybridized carbons (Fsp3) is 0.381. The highest BCUT2D eigenvalue weighted by Crippen LogP contribution is 2.40. The first-order valence-electron chi connectivity index (χ1n) is 8.72. The number of hydrogen-bond acceptors (Lipinski definition) is 5. The number of carbonyl (C=O) groups excluding carboxylic acids is 1. The van der Waals surface area contributed by atoms with E-state index in [2.05, 4.69) is 17.0 Å². The average Bonchev–Trinajstić information content (AvgIpc) is 3.11. The molecule has 26 heavy (non-hydrogen) atoms. The number of nitrogens with zero attached hydrogens (tertiary/aromatic N) is 1. The molecule has 0 spiro atoms. The summed E-state index contributed by atoms with van der Waals surface area (Å²) in [7, 11) is 4.72. The maximum Gasteiger partial charge on any atom is 0.310 e. The third-order valence-corrected chi connectivity index (χ3v) is 4.99. The van der Waals surface area contributed by atoms with Crippen LogP contribution < -0.4 is 9.47 Å². The Balaban J connectivity index is 1.87. The van der Waals surface area contributed by atoms with Crippen molar-refractivity contribution in [2.24, 2.45) is 5.92 Å². The van der Waals surface area contributed by atoms with Gasteiger partial charge in [-0.1, -0.05) is 36.4 Å². The lowest BCUT2D eigenvalue weighted by Crippen LogP contribution is -2.24. The molecule has 0 bridgehead atoms. The van der Waals surface area contributed by atoms with Gasteiger partial charge >= 0.3 is 5.97 Å². The number of likely N-dealkylation sites (tertiary alicyclic amines) is 1. The first-order valence-corrected chi connectivity index (χ1v) is 8.72. The highest BCUT2D eigenvalue weighted by Gasteiger charge is 2.40. The van der Waals surface area contributed by atoms with Gasteiger partial charge in [0.15, 0.2) is 0 Å². The zero-order valence-electron chi connectivity index (χ0n) is 15.5. The van der Waals surface area contributed by atoms with Gasteiger partial charge in [-0.25, -0.2) is 0 Å². The van der Waals surface area contributed by atoms with Crippen LogP contribution in [0.15, 0.2) is 48.5 Å². The highest BCUT2D eigenvalue weighted by atomic mass is 16.5. The number of ether oxygens (including phenoxy) is 3. The van der Waals surface area contributed by atoms with Gasteiger partial charge in [0.2, 0.25) is 0 Å². The van der Waals surface area contributed by atoms with Crippen LogP contribution in [0.1, 0.15) is 17.0 Å². The average molecular weight is 355 g/mol. The molecule has 0 aromatic heterocycles. The van der Waals surface area contributed by atoms with E-state index in [-0.39, 0.29) is 17.8 Å². The Morgan fingerprint density at radius 1 is 1.04 bits per heavy atom. The van der Waals surface area contributed by atoms with Gasteiger partial charge in [-0.15, -0.1) is 0 Å². The van der Waals surface area contributed by atoms with Gasteiger partial charge < -0.3 is 14.2 Å². The summed E-state index contributed by atoms with van der Waals surface area (Å²) in [6, 6.07) is 16.1. The van der Waals surface area contributed by atoms with Gasteiger partial charge in [0.25, 0.3) is 0 Å². The monoisotopic (exact) mass is 355 g/mol. The third-order valence-electron chi connectivity index (χ3n) is 4.99. The molecule has 3 rings (SSSR count). The van der Waals surface area contributed by atoms with E-state index in [1.165, 1.54) is 12.7 Å². The second kappa shape index (κ2) is 8.23. The van der Waals surface area contributed by atoms with E-state index in [0.29, 0.717) is 6.54 Å². The molecule has 1 fully saturated rings. The van der Waals surface area contributed by atoms with Crippen molar-refractivity contribution in [1.82, 2.24) is 4.90 Å². The number of benzene rings is 2. The van der Waals surface area contributed by atoms with Crippen LogP contribution in [-0.4, -0.2) is 45.3 Å². The van der Waals surface area contributed by atoms with Crippen molar-refractivity contribution >= 4 is 5.97 Å². The van der Waals surface area contributed by atoms with E-state index < -0.39 is 0 Å². The van der Waals surface area contributed by atoms with Gasteiger partial charge in [-0.05, 0) is 17.2 Å². The van der Waals surface area contributed by atoms with E-state index in [9.17, 15) is 4.79 Å². The number of hydrogen-bond donors (Lipinski definition) is 0. The maximum atomic E-state index is 12.4. The summed E-state index contributed by atoms with van der Waals surface area (Å²) in [6.07, 6.45) is 0. The molecule has 5 nitrogen and oxygen atoms in total. The van der Waals surface area contributed by atoms with Crippen molar-refractivity contribution < 1.29 is 19.0 Å². The summed E-state index contributed by atoms with van der Waals surface area (Å²) < 4.78 is 15.9. The highest BCUT2D eigenvalue weighted by molar-refractivity contribution is 5.75. The number of esters is 1. The quantitative estimate of drug-likeness (QED) is 0.745. The molecular weight excluding hydrogens is 330 g/mol. The van der Waals surface area contributed by atoms with Gasteiger partial charge in [0.05, 0.1) is 27.2 Å². The third kappa shape index (κ3) is 3.83. The summed E-state index contributed by atoms with van der Waals surface area (Å²) in [6.45, 7) is 2.25. The molecule has 1 aliphatic rings. The van der Waals surface area contributed by atoms with E-state index in [1.807, 2.05) is 36.4 Å². The summed E-state index contributed by atoms with van der Waals surface area (Å²) in [4.78, 5) is 14.7. The maximum absolute atomic E-state index is 12.4. The predicted molar refractivity (Wildman–Crippen MR) is 99.5 cm³/mol. The molecule has 1 saturated heterocycles. The van der Waals surface area contributed by atoms with E-state index in [4.69, 9.17) is 14.2 Å². The van der Waals surface area contributed by atoms with Gasteiger partial charge in [0, 0.05) is 31.6 Å². The van der Waals surface area contributed by atoms with Gasteiger partial charge in [-0.3, -0.25) is 9.69 Å². The van der Waals surface area contributed by atoms with Crippen LogP contribution in [-0.2, 0) is 16.1 Å². The second-order valence-electron chi connectivity index (χ2n) is 6.52. The molecule has 2 aromatic rings. The second-order valence-corrected chi connectivity index (χ2v) is 6.52. The summed E-state index contributed by atoms with van der Waals surface area (Å²) in [5.41, 5.74) is 2.25. The molecule has 0 saturated carbocycles. The van der Waals surface area contributed by atoms with Crippen LogP contribution in [0.4, 0.5) is 0 Å². The van der Waals surface area contributed by atoms with E-state index >= 15 is 0 Å². The summed E-state index contributed by atoms with van der Waals surface area (Å²) in [5, 5.41) is 0. The number of methoxy groups -OCH3 is 3. The minimum absolute atomic E-state index is 0.0204. The SMILES string of the molecule is COC(=O)C1CN(Cc2ccccc2)CC1c1ccc(OC)cc1OC. The Morgan fingerprint density at radius 3 is 2.46 bits per heavy atom. The van der Waals surface area contributed by atoms with E-state index in [1.54, 1.807) is 14.2 Å². The van der Waals surface area contributed by atoms with Crippen LogP contribution >= 0.6 is 0 Å². The number of carbonyl (C=O) groups is 1. The summed E-state index contributed by atoms with van der Waals surface area (Å²) >= 11 is 0. The molecule has 1 aliphatic heterocycles. The molecule has 2 atom stereocenters. The normalized spacial score (nSPS) is 20.0. The standard InChI is InChI=1S/C21H25NO4/c1-24-16-9-10-17(20(11-16)25-2)18-13-22(14-19(18)21(23)26-3)12-15-7-5-4-6-8-15/h4-11,18-19H,12-14H2,1-3H3. The van der Waals surface area contributed by atoms with Crippen LogP contribution in [0.3, 0.4) is 0 Å². The molecule has 2 aromatic carbocycles. The molecule has 2 unspecified atom stereocenters. The Bertz CT molecular complexity index is 747. The Labute approximate surface area is 154 Å². The molecule has 138 valence electrons. The van der Waals surface area contributed by atoms with E-state index in [0.717, 1.165) is 30.2 Å². The predicted octanol–water partition coefficient (Wildman–Crippen LogP) is 3.09. The molecular formula is C21H25NO4. The molecule has 0 N–H and O–H groups in total. The van der Waals surface area contributed by atoms with Crippen molar-refractivity contribution in [2.75, 3.05) is 34.4 Å². The lowest BCUT2D eigenvalue weighted by atomic mass is 9.88. The molecule has 0 aliphatic carbocycles. The summed E-state index contributed by atoms with van der Waals surface area (Å²) in [5.74, 6) is 1.10. The van der Waals surface area contributed by atoms with Crippen LogP contribution in [0.2, 0.25) is 0 Å². The van der Waals surface area contributed by atoms with Crippen LogP contribution in [0.25, 0.3) is 0 Å². The first kappa shape index (κ1) is 18.3. The van der Waals surface area contributed by atoms with Crippen molar-refractivity contribution in [1.29, 1.82) is 0 Å². The van der Waals surface area contributed by atoms with Gasteiger partial charge in [-0.2, -0.15) is 0 Å². The lowest BCUT2D eigenvalue weighted by Gasteiger charge is -2.20. The van der Waals surface area contributed by atoms with Crippen molar-refractivity contribution in [3.8, 4) is 11.5 Å². The molecule has 0 radical (unpaired) electrons. The zero-order valence-corrected chi connectivity index (χ0v) is 15.5. The Morgan fingerprint density at radius 2 is 1.81 bits per heavy atom. The van der Waals surface area contributed by atoms with Crippen molar-refractivity contribution in [2.45, 2.75) is 12.5 Å². The molecule has 0 amide bonds. The Kier molecular flexibility index (Phi) is 5.78. The van der Waals surface area contributed by atoms with Gasteiger partial charge in [0.1, 0.15) is 11.5 Å². The molecule has 5 heteroatoms. The zero-order chi connectivity index (χ0) is 18.5. The van der Waals surface area contributed by atoms with Crippen LogP contribution in [0, 0.1) is 5.92 Å². The first-order chi connectivity index (χ1) is 12.7. The number of rotatable bonds is 6. The smallest absolute Gasteiger partial charge is 0.310 e. The Hall–Kier alpha value is -2.53.